The van der Waals surface area contributed by atoms with Gasteiger partial charge in [-0.1, -0.05) is 24.8 Å². The Hall–Kier alpha value is -5.98. The molecule has 7 rings (SSSR count). The lowest BCUT2D eigenvalue weighted by Gasteiger charge is -2.19. The molecule has 5 aromatic rings. The molecule has 0 saturated carbocycles. The maximum absolute atomic E-state index is 11.9. The number of Topliss-reactive ketones (excluding diaryl/α,β-unsaturated/α-hetero) is 1. The average Bonchev–Trinajstić information content (AvgIpc) is 4.01. The SMILES string of the molecule is C=C(OC)c1ccc(COc2ccc(CO)cc2C2NC(C(=O)OC)CS2)nc1.COC(=O)C1CSC(c2c(O)cccc2OCc2nc(C(C)=O)ccc2-c2ccncc2)N1. The van der Waals surface area contributed by atoms with Gasteiger partial charge in [-0.2, -0.15) is 0 Å². The van der Waals surface area contributed by atoms with E-state index >= 15 is 0 Å². The number of aliphatic hydroxyl groups excluding tert-OH is 1. The molecule has 62 heavy (non-hydrogen) atoms. The number of rotatable bonds is 15. The number of ether oxygens (including phenoxy) is 5. The highest BCUT2D eigenvalue weighted by Crippen LogP contribution is 2.43. The quantitative estimate of drug-likeness (QED) is 0.0529. The van der Waals surface area contributed by atoms with Gasteiger partial charge < -0.3 is 33.9 Å². The van der Waals surface area contributed by atoms with Crippen LogP contribution in [0.5, 0.6) is 17.2 Å². The molecule has 4 atom stereocenters. The molecule has 5 heterocycles. The zero-order valence-electron chi connectivity index (χ0n) is 34.5. The fourth-order valence-electron chi connectivity index (χ4n) is 6.49. The summed E-state index contributed by atoms with van der Waals surface area (Å²) in [5.41, 5.74) is 6.41. The van der Waals surface area contributed by atoms with Gasteiger partial charge in [0, 0.05) is 53.7 Å². The number of aromatic nitrogens is 3. The molecule has 2 aliphatic heterocycles. The number of nitrogens with zero attached hydrogens (tertiary/aromatic N) is 3. The number of nitrogens with one attached hydrogen (secondary N) is 2. The molecule has 15 nitrogen and oxygen atoms in total. The fraction of sp³-hybridized carbons (Fsp3) is 0.289. The highest BCUT2D eigenvalue weighted by atomic mass is 32.2. The Balaban J connectivity index is 0.000000209. The van der Waals surface area contributed by atoms with Crippen molar-refractivity contribution in [2.75, 3.05) is 32.8 Å². The topological polar surface area (TPSA) is 201 Å². The monoisotopic (exact) mass is 881 g/mol. The number of thioether (sulfide) groups is 2. The highest BCUT2D eigenvalue weighted by molar-refractivity contribution is 8.00. The first-order valence-electron chi connectivity index (χ1n) is 19.3. The minimum atomic E-state index is -0.468. The van der Waals surface area contributed by atoms with Crippen LogP contribution in [0.2, 0.25) is 0 Å². The Labute approximate surface area is 367 Å². The van der Waals surface area contributed by atoms with Crippen LogP contribution >= 0.6 is 23.5 Å². The molecule has 0 amide bonds. The Morgan fingerprint density at radius 3 is 2.16 bits per heavy atom. The number of pyridine rings is 3. The number of hydrogen-bond acceptors (Lipinski definition) is 17. The molecule has 3 aromatic heterocycles. The first-order chi connectivity index (χ1) is 30.0. The van der Waals surface area contributed by atoms with E-state index in [1.54, 1.807) is 61.7 Å². The molecule has 0 bridgehead atoms. The van der Waals surface area contributed by atoms with Crippen molar-refractivity contribution >= 4 is 47.0 Å². The number of methoxy groups -OCH3 is 3. The van der Waals surface area contributed by atoms with Crippen molar-refractivity contribution in [3.63, 3.8) is 0 Å². The largest absolute Gasteiger partial charge is 0.507 e. The molecule has 4 N–H and O–H groups in total. The minimum absolute atomic E-state index is 0.0582. The maximum atomic E-state index is 11.9. The second-order valence-electron chi connectivity index (χ2n) is 13.9. The first kappa shape index (κ1) is 45.5. The molecule has 2 aromatic carbocycles. The van der Waals surface area contributed by atoms with Crippen LogP contribution in [0.25, 0.3) is 16.9 Å². The third kappa shape index (κ3) is 11.3. The summed E-state index contributed by atoms with van der Waals surface area (Å²) >= 11 is 3.08. The summed E-state index contributed by atoms with van der Waals surface area (Å²) < 4.78 is 26.9. The van der Waals surface area contributed by atoms with Gasteiger partial charge in [0.25, 0.3) is 0 Å². The summed E-state index contributed by atoms with van der Waals surface area (Å²) in [6.07, 6.45) is 5.06. The number of aliphatic hydroxyl groups is 1. The van der Waals surface area contributed by atoms with Crippen molar-refractivity contribution in [3.05, 3.63) is 137 Å². The second kappa shape index (κ2) is 21.7. The maximum Gasteiger partial charge on any atom is 0.323 e. The Morgan fingerprint density at radius 2 is 1.52 bits per heavy atom. The highest BCUT2D eigenvalue weighted by Gasteiger charge is 2.35. The number of carbonyl (C=O) groups excluding carboxylic acids is 3. The molecule has 324 valence electrons. The predicted octanol–water partition coefficient (Wildman–Crippen LogP) is 6.15. The number of ketones is 1. The van der Waals surface area contributed by atoms with Crippen LogP contribution < -0.4 is 20.1 Å². The van der Waals surface area contributed by atoms with Gasteiger partial charge >= 0.3 is 11.9 Å². The van der Waals surface area contributed by atoms with Crippen molar-refractivity contribution in [1.29, 1.82) is 0 Å². The first-order valence-corrected chi connectivity index (χ1v) is 21.4. The van der Waals surface area contributed by atoms with E-state index in [1.165, 1.54) is 32.9 Å². The lowest BCUT2D eigenvalue weighted by atomic mass is 10.0. The minimum Gasteiger partial charge on any atom is -0.507 e. The van der Waals surface area contributed by atoms with Crippen LogP contribution in [0.1, 0.15) is 61.8 Å². The summed E-state index contributed by atoms with van der Waals surface area (Å²) in [7, 11) is 4.29. The van der Waals surface area contributed by atoms with E-state index in [0.717, 1.165) is 33.5 Å². The Morgan fingerprint density at radius 1 is 0.823 bits per heavy atom. The number of benzene rings is 2. The summed E-state index contributed by atoms with van der Waals surface area (Å²) in [6, 6.07) is 20.7. The third-order valence-electron chi connectivity index (χ3n) is 9.84. The molecule has 2 fully saturated rings. The van der Waals surface area contributed by atoms with Crippen LogP contribution in [0.4, 0.5) is 0 Å². The predicted molar refractivity (Wildman–Crippen MR) is 235 cm³/mol. The molecule has 2 aliphatic rings. The number of esters is 2. The molecule has 4 unspecified atom stereocenters. The Bertz CT molecular complexity index is 2370. The summed E-state index contributed by atoms with van der Waals surface area (Å²) in [6.45, 7) is 5.56. The van der Waals surface area contributed by atoms with Gasteiger partial charge in [-0.3, -0.25) is 35.0 Å². The van der Waals surface area contributed by atoms with Crippen LogP contribution in [0.15, 0.2) is 98.0 Å². The van der Waals surface area contributed by atoms with E-state index in [2.05, 4.69) is 32.2 Å². The van der Waals surface area contributed by atoms with Gasteiger partial charge in [-0.05, 0) is 65.7 Å². The molecule has 17 heteroatoms. The smallest absolute Gasteiger partial charge is 0.323 e. The van der Waals surface area contributed by atoms with E-state index in [-0.39, 0.29) is 60.1 Å². The van der Waals surface area contributed by atoms with E-state index in [9.17, 15) is 24.6 Å². The zero-order chi connectivity index (χ0) is 44.2. The standard InChI is InChI=1S/C24H23N3O5S.C21H24N2O5S/c1-14(28)17-7-6-16(15-8-10-25-11-9-15)18(26-17)12-32-21-5-3-4-20(29)22(21)23-27-19(13-33-23)24(30)31-2;1-13(26-2)15-5-6-16(22-9-15)11-28-19-7-4-14(10-24)8-17(19)20-23-18(12-29-20)21(25)27-3/h3-11,19,23,27,29H,12-13H2,1-2H3;4-9,18,20,23-24H,1,10-12H2,2-3H3. The number of phenols is 1. The summed E-state index contributed by atoms with van der Waals surface area (Å²) in [5.74, 6) is 2.07. The number of aromatic hydroxyl groups is 1. The van der Waals surface area contributed by atoms with E-state index < -0.39 is 6.04 Å². The van der Waals surface area contributed by atoms with Crippen LogP contribution in [-0.2, 0) is 43.6 Å². The van der Waals surface area contributed by atoms with Gasteiger partial charge in [0.2, 0.25) is 0 Å². The normalized spacial score (nSPS) is 17.9. The van der Waals surface area contributed by atoms with Gasteiger partial charge in [-0.15, -0.1) is 23.5 Å². The van der Waals surface area contributed by atoms with Crippen molar-refractivity contribution in [3.8, 4) is 28.4 Å². The fourth-order valence-corrected chi connectivity index (χ4v) is 9.02. The number of carbonyl (C=O) groups is 3. The third-order valence-corrected chi connectivity index (χ3v) is 12.3. The van der Waals surface area contributed by atoms with E-state index in [4.69, 9.17) is 23.7 Å². The summed E-state index contributed by atoms with van der Waals surface area (Å²) in [4.78, 5) is 48.6. The van der Waals surface area contributed by atoms with Crippen LogP contribution in [-0.4, -0.2) is 87.8 Å². The Kier molecular flexibility index (Phi) is 15.9. The molecule has 0 spiro atoms. The average molecular weight is 882 g/mol. The van der Waals surface area contributed by atoms with Crippen molar-refractivity contribution in [2.24, 2.45) is 0 Å². The van der Waals surface area contributed by atoms with Gasteiger partial charge in [-0.25, -0.2) is 4.98 Å². The van der Waals surface area contributed by atoms with Crippen molar-refractivity contribution < 1.29 is 48.3 Å². The van der Waals surface area contributed by atoms with E-state index in [0.29, 0.717) is 45.7 Å². The molecule has 2 saturated heterocycles. The van der Waals surface area contributed by atoms with Gasteiger partial charge in [0.05, 0.1) is 55.6 Å². The zero-order valence-corrected chi connectivity index (χ0v) is 36.2. The lowest BCUT2D eigenvalue weighted by Crippen LogP contribution is -2.35. The molecule has 0 radical (unpaired) electrons. The van der Waals surface area contributed by atoms with Gasteiger partial charge in [0.15, 0.2) is 5.78 Å². The van der Waals surface area contributed by atoms with Crippen LogP contribution in [0.3, 0.4) is 0 Å². The van der Waals surface area contributed by atoms with Crippen molar-refractivity contribution in [2.45, 2.75) is 49.6 Å². The lowest BCUT2D eigenvalue weighted by molar-refractivity contribution is -0.143. The number of phenolic OH excluding ortho intramolecular Hbond substituents is 1. The molecular formula is C45H47N5O10S2. The second-order valence-corrected chi connectivity index (χ2v) is 16.1. The van der Waals surface area contributed by atoms with E-state index in [1.807, 2.05) is 48.5 Å². The van der Waals surface area contributed by atoms with Crippen molar-refractivity contribution in [1.82, 2.24) is 25.6 Å². The molecule has 0 aliphatic carbocycles. The summed E-state index contributed by atoms with van der Waals surface area (Å²) in [5, 5.41) is 26.0. The van der Waals surface area contributed by atoms with Crippen LogP contribution in [0, 0.1) is 0 Å². The van der Waals surface area contributed by atoms with Gasteiger partial charge in [0.1, 0.15) is 54.0 Å². The number of hydrogen-bond donors (Lipinski definition) is 4. The molecular weight excluding hydrogens is 835 g/mol.